The lowest BCUT2D eigenvalue weighted by Crippen LogP contribution is -2.07. The van der Waals surface area contributed by atoms with Gasteiger partial charge >= 0.3 is 0 Å². The molecular weight excluding hydrogens is 152 g/mol. The van der Waals surface area contributed by atoms with Crippen molar-refractivity contribution < 1.29 is 5.11 Å². The van der Waals surface area contributed by atoms with E-state index in [9.17, 15) is 0 Å². The molecule has 1 atom stereocenters. The first-order valence-corrected chi connectivity index (χ1v) is 4.27. The van der Waals surface area contributed by atoms with Crippen LogP contribution in [-0.2, 0) is 6.54 Å². The van der Waals surface area contributed by atoms with Crippen LogP contribution in [0.5, 0.6) is 0 Å². The average molecular weight is 168 g/mol. The smallest absolute Gasteiger partial charge is 0.0951 e. The van der Waals surface area contributed by atoms with Gasteiger partial charge in [-0.25, -0.2) is 4.98 Å². The van der Waals surface area contributed by atoms with E-state index in [0.717, 1.165) is 18.7 Å². The van der Waals surface area contributed by atoms with Crippen LogP contribution in [0.15, 0.2) is 6.33 Å². The molecule has 0 amide bonds. The number of nitrogens with zero attached hydrogens (tertiary/aromatic N) is 2. The molecule has 0 saturated carbocycles. The average Bonchev–Trinajstić information content (AvgIpc) is 2.30. The van der Waals surface area contributed by atoms with E-state index in [-0.39, 0.29) is 6.10 Å². The Labute approximate surface area is 73.1 Å². The summed E-state index contributed by atoms with van der Waals surface area (Å²) in [6.07, 6.45) is 2.39. The summed E-state index contributed by atoms with van der Waals surface area (Å²) in [5.74, 6) is 0. The summed E-state index contributed by atoms with van der Waals surface area (Å²) >= 11 is 0. The Morgan fingerprint density at radius 2 is 2.25 bits per heavy atom. The summed E-state index contributed by atoms with van der Waals surface area (Å²) < 4.78 is 2.07. The molecule has 68 valence electrons. The fourth-order valence-electron chi connectivity index (χ4n) is 1.10. The van der Waals surface area contributed by atoms with E-state index in [4.69, 9.17) is 5.11 Å². The van der Waals surface area contributed by atoms with E-state index in [0.29, 0.717) is 0 Å². The second kappa shape index (κ2) is 3.72. The van der Waals surface area contributed by atoms with Gasteiger partial charge in [0.2, 0.25) is 0 Å². The maximum absolute atomic E-state index is 9.08. The third-order valence-electron chi connectivity index (χ3n) is 2.13. The molecule has 1 aromatic rings. The highest BCUT2D eigenvalue weighted by molar-refractivity contribution is 5.08. The number of aromatic nitrogens is 2. The van der Waals surface area contributed by atoms with Gasteiger partial charge in [0.1, 0.15) is 0 Å². The number of aliphatic hydroxyl groups excluding tert-OH is 1. The van der Waals surface area contributed by atoms with Gasteiger partial charge in [-0.15, -0.1) is 0 Å². The maximum atomic E-state index is 9.08. The minimum atomic E-state index is -0.230. The quantitative estimate of drug-likeness (QED) is 0.738. The first kappa shape index (κ1) is 9.26. The molecule has 0 aromatic carbocycles. The largest absolute Gasteiger partial charge is 0.393 e. The third kappa shape index (κ3) is 2.08. The molecule has 0 aliphatic carbocycles. The van der Waals surface area contributed by atoms with Crippen molar-refractivity contribution in [3.8, 4) is 0 Å². The van der Waals surface area contributed by atoms with Crippen molar-refractivity contribution in [2.75, 3.05) is 0 Å². The lowest BCUT2D eigenvalue weighted by atomic mass is 10.3. The van der Waals surface area contributed by atoms with Crippen LogP contribution in [0.25, 0.3) is 0 Å². The van der Waals surface area contributed by atoms with Crippen molar-refractivity contribution in [3.05, 3.63) is 17.7 Å². The highest BCUT2D eigenvalue weighted by atomic mass is 16.3. The summed E-state index contributed by atoms with van der Waals surface area (Å²) in [6, 6.07) is 0. The van der Waals surface area contributed by atoms with Crippen molar-refractivity contribution in [2.45, 2.75) is 39.8 Å². The molecule has 1 heterocycles. The van der Waals surface area contributed by atoms with Crippen molar-refractivity contribution >= 4 is 0 Å². The molecule has 12 heavy (non-hydrogen) atoms. The van der Waals surface area contributed by atoms with Gasteiger partial charge in [-0.3, -0.25) is 0 Å². The van der Waals surface area contributed by atoms with Crippen LogP contribution in [-0.4, -0.2) is 20.8 Å². The van der Waals surface area contributed by atoms with E-state index in [1.54, 1.807) is 6.92 Å². The summed E-state index contributed by atoms with van der Waals surface area (Å²) in [5, 5.41) is 9.08. The van der Waals surface area contributed by atoms with Crippen LogP contribution >= 0.6 is 0 Å². The fourth-order valence-corrected chi connectivity index (χ4v) is 1.10. The Morgan fingerprint density at radius 1 is 1.58 bits per heavy atom. The minimum absolute atomic E-state index is 0.230. The van der Waals surface area contributed by atoms with Gasteiger partial charge in [-0.05, 0) is 27.2 Å². The number of hydrogen-bond acceptors (Lipinski definition) is 2. The molecule has 0 aliphatic heterocycles. The monoisotopic (exact) mass is 168 g/mol. The van der Waals surface area contributed by atoms with Crippen LogP contribution < -0.4 is 0 Å². The molecule has 1 aromatic heterocycles. The first-order chi connectivity index (χ1) is 5.61. The van der Waals surface area contributed by atoms with Gasteiger partial charge in [-0.1, -0.05) is 0 Å². The van der Waals surface area contributed by atoms with Gasteiger partial charge in [0, 0.05) is 12.2 Å². The molecule has 0 spiro atoms. The summed E-state index contributed by atoms with van der Waals surface area (Å²) in [5.41, 5.74) is 2.26. The van der Waals surface area contributed by atoms with E-state index in [1.165, 1.54) is 5.69 Å². The van der Waals surface area contributed by atoms with E-state index in [2.05, 4.69) is 9.55 Å². The van der Waals surface area contributed by atoms with Crippen LogP contribution in [0.1, 0.15) is 24.7 Å². The van der Waals surface area contributed by atoms with Gasteiger partial charge in [0.05, 0.1) is 18.1 Å². The number of aryl methyl sites for hydroxylation is 2. The lowest BCUT2D eigenvalue weighted by Gasteiger charge is -2.06. The maximum Gasteiger partial charge on any atom is 0.0951 e. The van der Waals surface area contributed by atoms with Crippen molar-refractivity contribution in [1.29, 1.82) is 0 Å². The molecule has 0 saturated heterocycles. The Bertz CT molecular complexity index is 253. The summed E-state index contributed by atoms with van der Waals surface area (Å²) in [6.45, 7) is 6.70. The Morgan fingerprint density at radius 3 is 2.67 bits per heavy atom. The molecule has 0 bridgehead atoms. The Kier molecular flexibility index (Phi) is 2.87. The second-order valence-corrected chi connectivity index (χ2v) is 3.25. The van der Waals surface area contributed by atoms with Crippen LogP contribution in [0, 0.1) is 13.8 Å². The van der Waals surface area contributed by atoms with Crippen LogP contribution in [0.4, 0.5) is 0 Å². The molecule has 1 rings (SSSR count). The molecule has 3 heteroatoms. The van der Waals surface area contributed by atoms with E-state index in [1.807, 2.05) is 20.2 Å². The SMILES string of the molecule is Cc1ncn(CCC(C)O)c1C. The molecule has 1 unspecified atom stereocenters. The molecule has 0 radical (unpaired) electrons. The number of aliphatic hydroxyl groups is 1. The third-order valence-corrected chi connectivity index (χ3v) is 2.13. The predicted octanol–water partition coefficient (Wildman–Crippen LogP) is 1.27. The normalized spacial score (nSPS) is 13.3. The van der Waals surface area contributed by atoms with Crippen molar-refractivity contribution in [2.24, 2.45) is 0 Å². The van der Waals surface area contributed by atoms with Gasteiger partial charge in [0.25, 0.3) is 0 Å². The molecule has 0 fully saturated rings. The predicted molar refractivity (Wildman–Crippen MR) is 48.0 cm³/mol. The zero-order chi connectivity index (χ0) is 9.14. The second-order valence-electron chi connectivity index (χ2n) is 3.25. The summed E-state index contributed by atoms with van der Waals surface area (Å²) in [7, 11) is 0. The first-order valence-electron chi connectivity index (χ1n) is 4.27. The minimum Gasteiger partial charge on any atom is -0.393 e. The van der Waals surface area contributed by atoms with E-state index < -0.39 is 0 Å². The number of imidazole rings is 1. The Hall–Kier alpha value is -0.830. The zero-order valence-electron chi connectivity index (χ0n) is 7.91. The molecular formula is C9H16N2O. The van der Waals surface area contributed by atoms with Crippen molar-refractivity contribution in [1.82, 2.24) is 9.55 Å². The fraction of sp³-hybridized carbons (Fsp3) is 0.667. The zero-order valence-corrected chi connectivity index (χ0v) is 7.91. The highest BCUT2D eigenvalue weighted by Crippen LogP contribution is 2.05. The topological polar surface area (TPSA) is 38.0 Å². The number of rotatable bonds is 3. The van der Waals surface area contributed by atoms with Gasteiger partial charge in [-0.2, -0.15) is 0 Å². The molecule has 3 nitrogen and oxygen atoms in total. The van der Waals surface area contributed by atoms with E-state index >= 15 is 0 Å². The van der Waals surface area contributed by atoms with Crippen LogP contribution in [0.2, 0.25) is 0 Å². The Balaban J connectivity index is 2.58. The molecule has 0 aliphatic rings. The highest BCUT2D eigenvalue weighted by Gasteiger charge is 2.02. The number of hydrogen-bond donors (Lipinski definition) is 1. The molecule has 1 N–H and O–H groups in total. The van der Waals surface area contributed by atoms with Crippen LogP contribution in [0.3, 0.4) is 0 Å². The summed E-state index contributed by atoms with van der Waals surface area (Å²) in [4.78, 5) is 4.18. The van der Waals surface area contributed by atoms with Gasteiger partial charge in [0.15, 0.2) is 0 Å². The van der Waals surface area contributed by atoms with Gasteiger partial charge < -0.3 is 9.67 Å². The van der Waals surface area contributed by atoms with Crippen molar-refractivity contribution in [3.63, 3.8) is 0 Å². The standard InChI is InChI=1S/C9H16N2O/c1-7(12)4-5-11-6-10-8(2)9(11)3/h6-7,12H,4-5H2,1-3H3. The lowest BCUT2D eigenvalue weighted by molar-refractivity contribution is 0.178.